The fourth-order valence-corrected chi connectivity index (χ4v) is 3.86. The van der Waals surface area contributed by atoms with E-state index in [1.807, 2.05) is 43.8 Å². The molecule has 1 fully saturated rings. The van der Waals surface area contributed by atoms with Crippen LogP contribution in [0.25, 0.3) is 16.8 Å². The van der Waals surface area contributed by atoms with E-state index in [2.05, 4.69) is 41.7 Å². The summed E-state index contributed by atoms with van der Waals surface area (Å²) in [7, 11) is 0. The first-order valence-corrected chi connectivity index (χ1v) is 10.0. The van der Waals surface area contributed by atoms with Gasteiger partial charge in [-0.2, -0.15) is 0 Å². The Balaban J connectivity index is 1.45. The minimum absolute atomic E-state index is 0.662. The van der Waals surface area contributed by atoms with Crippen molar-refractivity contribution in [3.8, 4) is 11.1 Å². The molecule has 1 aliphatic rings. The molecule has 4 heterocycles. The van der Waals surface area contributed by atoms with Crippen molar-refractivity contribution in [1.82, 2.24) is 24.3 Å². The highest BCUT2D eigenvalue weighted by molar-refractivity contribution is 5.70. The van der Waals surface area contributed by atoms with Crippen LogP contribution in [0.4, 0.5) is 11.6 Å². The second-order valence-corrected chi connectivity index (χ2v) is 7.23. The van der Waals surface area contributed by atoms with E-state index in [0.29, 0.717) is 19.8 Å². The molecule has 3 aromatic heterocycles. The molecule has 0 unspecified atom stereocenters. The molecule has 0 spiro atoms. The van der Waals surface area contributed by atoms with Gasteiger partial charge in [0.2, 0.25) is 0 Å². The van der Waals surface area contributed by atoms with E-state index < -0.39 is 0 Å². The van der Waals surface area contributed by atoms with Crippen LogP contribution in [-0.2, 0) is 11.3 Å². The standard InChI is InChI=1S/C22H23N7O/c1-16-20(26-14-17-4-2-3-5-19(17)18-12-23-15-24-13-18)29-7-6-25-21(22(29)27-16)28-8-10-30-11-9-28/h2-7,12-13,15,26H,8-11,14H2,1H3. The minimum Gasteiger partial charge on any atom is -0.378 e. The predicted molar refractivity (Wildman–Crippen MR) is 116 cm³/mol. The normalized spacial score (nSPS) is 14.2. The zero-order valence-corrected chi connectivity index (χ0v) is 16.8. The summed E-state index contributed by atoms with van der Waals surface area (Å²) in [6, 6.07) is 8.30. The Hall–Kier alpha value is -3.52. The Morgan fingerprint density at radius 3 is 2.73 bits per heavy atom. The average Bonchev–Trinajstić information content (AvgIpc) is 3.14. The highest BCUT2D eigenvalue weighted by atomic mass is 16.5. The van der Waals surface area contributed by atoms with E-state index in [4.69, 9.17) is 9.72 Å². The number of aromatic nitrogens is 5. The van der Waals surface area contributed by atoms with E-state index in [0.717, 1.165) is 47.2 Å². The van der Waals surface area contributed by atoms with Gasteiger partial charge in [0.1, 0.15) is 12.1 Å². The molecule has 1 aromatic carbocycles. The summed E-state index contributed by atoms with van der Waals surface area (Å²) in [4.78, 5) is 20.0. The summed E-state index contributed by atoms with van der Waals surface area (Å²) in [6.45, 7) is 5.77. The topological polar surface area (TPSA) is 80.5 Å². The van der Waals surface area contributed by atoms with Crippen molar-refractivity contribution in [2.24, 2.45) is 0 Å². The lowest BCUT2D eigenvalue weighted by atomic mass is 10.0. The van der Waals surface area contributed by atoms with Crippen LogP contribution in [0.1, 0.15) is 11.3 Å². The number of nitrogens with zero attached hydrogens (tertiary/aromatic N) is 6. The first-order valence-electron chi connectivity index (χ1n) is 10.0. The molecule has 152 valence electrons. The Kier molecular flexibility index (Phi) is 4.98. The van der Waals surface area contributed by atoms with Crippen molar-refractivity contribution in [3.63, 3.8) is 0 Å². The fraction of sp³-hybridized carbons (Fsp3) is 0.273. The summed E-state index contributed by atoms with van der Waals surface area (Å²) in [5.74, 6) is 1.87. The van der Waals surface area contributed by atoms with Crippen LogP contribution in [0, 0.1) is 6.92 Å². The third-order valence-corrected chi connectivity index (χ3v) is 5.34. The van der Waals surface area contributed by atoms with Crippen LogP contribution in [0.15, 0.2) is 55.4 Å². The molecule has 0 saturated carbocycles. The van der Waals surface area contributed by atoms with Gasteiger partial charge in [0.25, 0.3) is 0 Å². The van der Waals surface area contributed by atoms with Crippen molar-refractivity contribution in [2.45, 2.75) is 13.5 Å². The van der Waals surface area contributed by atoms with E-state index >= 15 is 0 Å². The quantitative estimate of drug-likeness (QED) is 0.551. The molecule has 1 aliphatic heterocycles. The second-order valence-electron chi connectivity index (χ2n) is 7.23. The van der Waals surface area contributed by atoms with Crippen LogP contribution >= 0.6 is 0 Å². The van der Waals surface area contributed by atoms with Gasteiger partial charge in [0.05, 0.1) is 18.9 Å². The molecular weight excluding hydrogens is 378 g/mol. The third-order valence-electron chi connectivity index (χ3n) is 5.34. The predicted octanol–water partition coefficient (Wildman–Crippen LogP) is 2.94. The molecule has 4 aromatic rings. The number of anilines is 2. The number of nitrogens with one attached hydrogen (secondary N) is 1. The van der Waals surface area contributed by atoms with Crippen LogP contribution in [-0.4, -0.2) is 50.6 Å². The zero-order chi connectivity index (χ0) is 20.3. The molecule has 0 atom stereocenters. The van der Waals surface area contributed by atoms with Crippen molar-refractivity contribution in [3.05, 3.63) is 66.6 Å². The maximum atomic E-state index is 5.48. The fourth-order valence-electron chi connectivity index (χ4n) is 3.86. The Bertz CT molecular complexity index is 1150. The van der Waals surface area contributed by atoms with E-state index in [9.17, 15) is 0 Å². The maximum absolute atomic E-state index is 5.48. The molecule has 8 heteroatoms. The number of imidazole rings is 1. The molecule has 0 aliphatic carbocycles. The Morgan fingerprint density at radius 1 is 1.10 bits per heavy atom. The second kappa shape index (κ2) is 8.08. The van der Waals surface area contributed by atoms with Crippen LogP contribution in [0.5, 0.6) is 0 Å². The van der Waals surface area contributed by atoms with Crippen LogP contribution in [0.2, 0.25) is 0 Å². The molecule has 0 amide bonds. The molecule has 1 saturated heterocycles. The van der Waals surface area contributed by atoms with Crippen LogP contribution < -0.4 is 10.2 Å². The largest absolute Gasteiger partial charge is 0.378 e. The van der Waals surface area contributed by atoms with Crippen molar-refractivity contribution >= 4 is 17.3 Å². The number of ether oxygens (including phenoxy) is 1. The first kappa shape index (κ1) is 18.5. The lowest BCUT2D eigenvalue weighted by Crippen LogP contribution is -2.37. The van der Waals surface area contributed by atoms with Gasteiger partial charge in [0.15, 0.2) is 11.5 Å². The van der Waals surface area contributed by atoms with E-state index in [1.54, 1.807) is 6.33 Å². The number of benzene rings is 1. The lowest BCUT2D eigenvalue weighted by Gasteiger charge is -2.27. The van der Waals surface area contributed by atoms with Gasteiger partial charge < -0.3 is 15.0 Å². The van der Waals surface area contributed by atoms with Gasteiger partial charge in [-0.1, -0.05) is 24.3 Å². The number of morpholine rings is 1. The van der Waals surface area contributed by atoms with Crippen molar-refractivity contribution in [2.75, 3.05) is 36.5 Å². The van der Waals surface area contributed by atoms with Crippen LogP contribution in [0.3, 0.4) is 0 Å². The van der Waals surface area contributed by atoms with Gasteiger partial charge >= 0.3 is 0 Å². The number of hydrogen-bond acceptors (Lipinski definition) is 7. The lowest BCUT2D eigenvalue weighted by molar-refractivity contribution is 0.122. The van der Waals surface area contributed by atoms with Crippen molar-refractivity contribution < 1.29 is 4.74 Å². The monoisotopic (exact) mass is 401 g/mol. The van der Waals surface area contributed by atoms with E-state index in [-0.39, 0.29) is 0 Å². The Labute approximate surface area is 174 Å². The minimum atomic E-state index is 0.662. The molecule has 30 heavy (non-hydrogen) atoms. The number of rotatable bonds is 5. The van der Waals surface area contributed by atoms with Gasteiger partial charge in [-0.25, -0.2) is 19.9 Å². The third kappa shape index (κ3) is 3.46. The molecular formula is C22H23N7O. The van der Waals surface area contributed by atoms with Gasteiger partial charge in [-0.15, -0.1) is 0 Å². The number of fused-ring (bicyclic) bond motifs is 1. The summed E-state index contributed by atoms with van der Waals surface area (Å²) in [6.07, 6.45) is 9.02. The Morgan fingerprint density at radius 2 is 1.90 bits per heavy atom. The van der Waals surface area contributed by atoms with E-state index in [1.165, 1.54) is 5.56 Å². The molecule has 8 nitrogen and oxygen atoms in total. The zero-order valence-electron chi connectivity index (χ0n) is 16.8. The number of aryl methyl sites for hydroxylation is 1. The summed E-state index contributed by atoms with van der Waals surface area (Å²) in [5.41, 5.74) is 5.10. The summed E-state index contributed by atoms with van der Waals surface area (Å²) in [5, 5.41) is 3.58. The van der Waals surface area contributed by atoms with Gasteiger partial charge in [0, 0.05) is 50.0 Å². The average molecular weight is 401 g/mol. The first-order chi connectivity index (χ1) is 14.8. The van der Waals surface area contributed by atoms with Crippen molar-refractivity contribution in [1.29, 1.82) is 0 Å². The molecule has 0 bridgehead atoms. The summed E-state index contributed by atoms with van der Waals surface area (Å²) < 4.78 is 7.56. The summed E-state index contributed by atoms with van der Waals surface area (Å²) >= 11 is 0. The highest BCUT2D eigenvalue weighted by Gasteiger charge is 2.19. The SMILES string of the molecule is Cc1nc2c(N3CCOCC3)nccn2c1NCc1ccccc1-c1cncnc1. The molecule has 5 rings (SSSR count). The van der Waals surface area contributed by atoms with Gasteiger partial charge in [-0.05, 0) is 18.1 Å². The molecule has 0 radical (unpaired) electrons. The highest BCUT2D eigenvalue weighted by Crippen LogP contribution is 2.27. The number of hydrogen-bond donors (Lipinski definition) is 1. The molecule has 1 N–H and O–H groups in total. The smallest absolute Gasteiger partial charge is 0.182 e. The van der Waals surface area contributed by atoms with Gasteiger partial charge in [-0.3, -0.25) is 4.40 Å². The maximum Gasteiger partial charge on any atom is 0.182 e.